The molecule has 7 heteroatoms. The maximum atomic E-state index is 13.4. The van der Waals surface area contributed by atoms with Gasteiger partial charge in [-0.15, -0.1) is 0 Å². The van der Waals surface area contributed by atoms with E-state index in [-0.39, 0.29) is 17.0 Å². The molecular formula is C27H30N6O. The largest absolute Gasteiger partial charge is 0.340 e. The quantitative estimate of drug-likeness (QED) is 0.471. The molecule has 0 spiro atoms. The van der Waals surface area contributed by atoms with Gasteiger partial charge in [0.1, 0.15) is 5.82 Å². The van der Waals surface area contributed by atoms with Crippen molar-refractivity contribution < 1.29 is 0 Å². The molecule has 6 rings (SSSR count). The molecule has 0 amide bonds. The Kier molecular flexibility index (Phi) is 4.85. The average Bonchev–Trinajstić information content (AvgIpc) is 3.62. The summed E-state index contributed by atoms with van der Waals surface area (Å²) in [5.41, 5.74) is 6.47. The van der Waals surface area contributed by atoms with Crippen LogP contribution < -0.4 is 16.2 Å². The van der Waals surface area contributed by atoms with E-state index in [9.17, 15) is 4.79 Å². The Morgan fingerprint density at radius 3 is 2.71 bits per heavy atom. The van der Waals surface area contributed by atoms with Gasteiger partial charge in [-0.2, -0.15) is 0 Å². The average molecular weight is 455 g/mol. The topological polar surface area (TPSA) is 76.8 Å². The van der Waals surface area contributed by atoms with Crippen molar-refractivity contribution in [2.75, 3.05) is 11.9 Å². The molecule has 34 heavy (non-hydrogen) atoms. The highest BCUT2D eigenvalue weighted by atomic mass is 16.1. The van der Waals surface area contributed by atoms with Gasteiger partial charge in [-0.1, -0.05) is 26.8 Å². The van der Waals surface area contributed by atoms with E-state index in [4.69, 9.17) is 0 Å². The molecule has 0 bridgehead atoms. The molecule has 3 aromatic heterocycles. The molecule has 0 atom stereocenters. The summed E-state index contributed by atoms with van der Waals surface area (Å²) in [7, 11) is 0. The van der Waals surface area contributed by atoms with Crippen LogP contribution in [0.15, 0.2) is 53.6 Å². The molecule has 1 fully saturated rings. The molecular weight excluding hydrogens is 424 g/mol. The van der Waals surface area contributed by atoms with E-state index < -0.39 is 0 Å². The lowest BCUT2D eigenvalue weighted by atomic mass is 9.91. The fourth-order valence-corrected chi connectivity index (χ4v) is 4.76. The smallest absolute Gasteiger partial charge is 0.276 e. The van der Waals surface area contributed by atoms with E-state index in [2.05, 4.69) is 70.3 Å². The van der Waals surface area contributed by atoms with Crippen molar-refractivity contribution in [1.82, 2.24) is 24.6 Å². The van der Waals surface area contributed by atoms with Crippen molar-refractivity contribution >= 4 is 22.4 Å². The normalized spacial score (nSPS) is 16.0. The number of nitrogens with one attached hydrogen (secondary N) is 2. The van der Waals surface area contributed by atoms with E-state index in [1.54, 1.807) is 6.20 Å². The highest BCUT2D eigenvalue weighted by Crippen LogP contribution is 2.36. The van der Waals surface area contributed by atoms with E-state index >= 15 is 0 Å². The van der Waals surface area contributed by atoms with Crippen LogP contribution in [-0.2, 0) is 18.4 Å². The van der Waals surface area contributed by atoms with E-state index in [0.29, 0.717) is 5.39 Å². The monoisotopic (exact) mass is 454 g/mol. The van der Waals surface area contributed by atoms with Gasteiger partial charge in [-0.25, -0.2) is 14.3 Å². The molecule has 1 aliphatic carbocycles. The second-order valence-electron chi connectivity index (χ2n) is 10.5. The van der Waals surface area contributed by atoms with Crippen molar-refractivity contribution in [2.45, 2.75) is 58.0 Å². The molecule has 4 heterocycles. The maximum Gasteiger partial charge on any atom is 0.276 e. The van der Waals surface area contributed by atoms with Crippen LogP contribution >= 0.6 is 0 Å². The van der Waals surface area contributed by atoms with E-state index in [1.165, 1.54) is 11.1 Å². The highest BCUT2D eigenvalue weighted by Gasteiger charge is 2.30. The zero-order chi connectivity index (χ0) is 23.4. The zero-order valence-corrected chi connectivity index (χ0v) is 19.9. The Hall–Kier alpha value is -3.45. The van der Waals surface area contributed by atoms with Gasteiger partial charge in [0.15, 0.2) is 0 Å². The fourth-order valence-electron chi connectivity index (χ4n) is 4.76. The summed E-state index contributed by atoms with van der Waals surface area (Å²) >= 11 is 0. The van der Waals surface area contributed by atoms with Crippen molar-refractivity contribution in [1.29, 1.82) is 0 Å². The van der Waals surface area contributed by atoms with Crippen LogP contribution in [-0.4, -0.2) is 25.9 Å². The second kappa shape index (κ2) is 7.81. The standard InChI is InChI=1S/C27H30N6O/c1-27(2,3)24-13-21(9-11-29-24)32-23-14-25(30-16-22(23)26(34)33(32)20-6-7-20)31-19-5-4-17-8-10-28-15-18(17)12-19/h4-5,9,11-14,16,20,28H,6-8,10,15H2,1-3H3,(H,30,31). The minimum absolute atomic E-state index is 0.0190. The summed E-state index contributed by atoms with van der Waals surface area (Å²) in [6, 6.07) is 12.8. The van der Waals surface area contributed by atoms with Crippen LogP contribution in [0.3, 0.4) is 0 Å². The number of anilines is 2. The summed E-state index contributed by atoms with van der Waals surface area (Å²) in [6.07, 6.45) is 6.65. The SMILES string of the molecule is CC(C)(C)c1cc(-n2c3cc(Nc4ccc5c(c4)CNCC5)ncc3c(=O)n2C2CC2)ccn1. The number of benzene rings is 1. The van der Waals surface area contributed by atoms with Crippen LogP contribution in [0.5, 0.6) is 0 Å². The van der Waals surface area contributed by atoms with E-state index in [1.807, 2.05) is 23.0 Å². The number of pyridine rings is 2. The lowest BCUT2D eigenvalue weighted by Crippen LogP contribution is -2.23. The fraction of sp³-hybridized carbons (Fsp3) is 0.370. The second-order valence-corrected chi connectivity index (χ2v) is 10.5. The first-order valence-corrected chi connectivity index (χ1v) is 12.1. The lowest BCUT2D eigenvalue weighted by Gasteiger charge is -2.20. The minimum Gasteiger partial charge on any atom is -0.340 e. The van der Waals surface area contributed by atoms with E-state index in [0.717, 1.165) is 60.8 Å². The number of hydrogen-bond acceptors (Lipinski definition) is 5. The minimum atomic E-state index is -0.0841. The summed E-state index contributed by atoms with van der Waals surface area (Å²) < 4.78 is 3.97. The molecule has 174 valence electrons. The molecule has 4 aromatic rings. The lowest BCUT2D eigenvalue weighted by molar-refractivity contribution is 0.551. The van der Waals surface area contributed by atoms with Gasteiger partial charge < -0.3 is 10.6 Å². The molecule has 2 N–H and O–H groups in total. The molecule has 2 aliphatic rings. The Morgan fingerprint density at radius 2 is 1.91 bits per heavy atom. The first kappa shape index (κ1) is 21.1. The molecule has 0 radical (unpaired) electrons. The predicted molar refractivity (Wildman–Crippen MR) is 135 cm³/mol. The van der Waals surface area contributed by atoms with Crippen LogP contribution in [0.1, 0.15) is 56.5 Å². The van der Waals surface area contributed by atoms with Crippen molar-refractivity contribution in [3.63, 3.8) is 0 Å². The molecule has 1 aromatic carbocycles. The van der Waals surface area contributed by atoms with Crippen molar-refractivity contribution in [2.24, 2.45) is 0 Å². The third kappa shape index (κ3) is 3.70. The maximum absolute atomic E-state index is 13.4. The van der Waals surface area contributed by atoms with Crippen LogP contribution in [0.4, 0.5) is 11.5 Å². The number of hydrogen-bond donors (Lipinski definition) is 2. The number of rotatable bonds is 4. The van der Waals surface area contributed by atoms with Crippen LogP contribution in [0.25, 0.3) is 16.6 Å². The Bertz CT molecular complexity index is 1450. The van der Waals surface area contributed by atoms with Gasteiger partial charge >= 0.3 is 0 Å². The zero-order valence-electron chi connectivity index (χ0n) is 19.9. The van der Waals surface area contributed by atoms with Crippen LogP contribution in [0, 0.1) is 0 Å². The van der Waals surface area contributed by atoms with Gasteiger partial charge in [-0.05, 0) is 61.2 Å². The first-order valence-electron chi connectivity index (χ1n) is 12.1. The molecule has 1 saturated carbocycles. The third-order valence-corrected chi connectivity index (χ3v) is 6.78. The number of nitrogens with zero attached hydrogens (tertiary/aromatic N) is 4. The summed E-state index contributed by atoms with van der Waals surface area (Å²) in [4.78, 5) is 22.6. The molecule has 0 saturated heterocycles. The van der Waals surface area contributed by atoms with Gasteiger partial charge in [0, 0.05) is 41.8 Å². The van der Waals surface area contributed by atoms with Crippen LogP contribution in [0.2, 0.25) is 0 Å². The highest BCUT2D eigenvalue weighted by molar-refractivity contribution is 5.83. The third-order valence-electron chi connectivity index (χ3n) is 6.78. The van der Waals surface area contributed by atoms with Crippen molar-refractivity contribution in [3.05, 3.63) is 76.0 Å². The predicted octanol–water partition coefficient (Wildman–Crippen LogP) is 4.60. The Morgan fingerprint density at radius 1 is 1.06 bits per heavy atom. The Balaban J connectivity index is 1.46. The Labute approximate surface area is 198 Å². The van der Waals surface area contributed by atoms with Crippen molar-refractivity contribution in [3.8, 4) is 5.69 Å². The van der Waals surface area contributed by atoms with Gasteiger partial charge in [0.05, 0.1) is 22.6 Å². The summed E-state index contributed by atoms with van der Waals surface area (Å²) in [6.45, 7) is 8.38. The first-order chi connectivity index (χ1) is 16.4. The van der Waals surface area contributed by atoms with Gasteiger partial charge in [0.25, 0.3) is 5.56 Å². The summed E-state index contributed by atoms with van der Waals surface area (Å²) in [5.74, 6) is 0.725. The number of aromatic nitrogens is 4. The number of fused-ring (bicyclic) bond motifs is 2. The molecule has 1 aliphatic heterocycles. The summed E-state index contributed by atoms with van der Waals surface area (Å²) in [5, 5.41) is 7.53. The molecule has 7 nitrogen and oxygen atoms in total. The molecule has 0 unspecified atom stereocenters. The van der Waals surface area contributed by atoms with Gasteiger partial charge in [-0.3, -0.25) is 9.78 Å². The van der Waals surface area contributed by atoms with Gasteiger partial charge in [0.2, 0.25) is 0 Å².